The van der Waals surface area contributed by atoms with Crippen molar-refractivity contribution in [3.8, 4) is 0 Å². The topological polar surface area (TPSA) is 18.5 Å². The Kier molecular flexibility index (Phi) is 6.51. The molecule has 0 radical (unpaired) electrons. The number of nitrogens with one attached hydrogen (secondary N) is 1. The Balaban J connectivity index is 1.69. The highest BCUT2D eigenvalue weighted by Crippen LogP contribution is 2.17. The van der Waals surface area contributed by atoms with Gasteiger partial charge in [-0.15, -0.1) is 0 Å². The van der Waals surface area contributed by atoms with E-state index in [0.717, 1.165) is 19.1 Å². The number of hydrogen-bond acceptors (Lipinski definition) is 3. The molecule has 0 amide bonds. The molecule has 1 saturated heterocycles. The lowest BCUT2D eigenvalue weighted by molar-refractivity contribution is 0.123. The van der Waals surface area contributed by atoms with E-state index < -0.39 is 0 Å². The molecule has 0 spiro atoms. The van der Waals surface area contributed by atoms with Gasteiger partial charge in [-0.25, -0.2) is 0 Å². The predicted octanol–water partition coefficient (Wildman–Crippen LogP) is 2.19. The summed E-state index contributed by atoms with van der Waals surface area (Å²) in [5.41, 5.74) is 1.44. The second-order valence-electron chi connectivity index (χ2n) is 5.93. The monoisotopic (exact) mass is 275 g/mol. The molecule has 3 nitrogen and oxygen atoms in total. The summed E-state index contributed by atoms with van der Waals surface area (Å²) in [5, 5.41) is 3.23. The van der Waals surface area contributed by atoms with Crippen LogP contribution in [0, 0.1) is 0 Å². The van der Waals surface area contributed by atoms with Gasteiger partial charge in [0, 0.05) is 12.6 Å². The normalized spacial score (nSPS) is 17.8. The van der Waals surface area contributed by atoms with Crippen molar-refractivity contribution in [1.82, 2.24) is 15.1 Å². The number of piperidine rings is 1. The molecule has 1 aromatic carbocycles. The van der Waals surface area contributed by atoms with E-state index in [9.17, 15) is 0 Å². The van der Waals surface area contributed by atoms with E-state index in [1.807, 2.05) is 7.05 Å². The Hall–Kier alpha value is -0.900. The third-order valence-electron chi connectivity index (χ3n) is 4.37. The number of rotatable bonds is 7. The van der Waals surface area contributed by atoms with Crippen LogP contribution in [-0.4, -0.2) is 56.1 Å². The fourth-order valence-electron chi connectivity index (χ4n) is 3.05. The summed E-state index contributed by atoms with van der Waals surface area (Å²) in [6.07, 6.45) is 3.86. The van der Waals surface area contributed by atoms with E-state index in [4.69, 9.17) is 0 Å². The van der Waals surface area contributed by atoms with Gasteiger partial charge in [-0.3, -0.25) is 4.90 Å². The van der Waals surface area contributed by atoms with Crippen molar-refractivity contribution in [2.75, 3.05) is 40.3 Å². The lowest BCUT2D eigenvalue weighted by atomic mass is 10.0. The molecule has 112 valence electrons. The molecule has 1 aliphatic heterocycles. The molecule has 1 N–H and O–H groups in total. The van der Waals surface area contributed by atoms with Crippen molar-refractivity contribution < 1.29 is 0 Å². The minimum absolute atomic E-state index is 0.777. The summed E-state index contributed by atoms with van der Waals surface area (Å²) in [6.45, 7) is 5.91. The first kappa shape index (κ1) is 15.5. The fraction of sp³-hybridized carbons (Fsp3) is 0.647. The highest BCUT2D eigenvalue weighted by molar-refractivity contribution is 5.14. The standard InChI is InChI=1S/C17H29N3/c1-18-11-6-12-19(2)17-9-13-20(14-10-17)15-16-7-4-3-5-8-16/h3-5,7-8,17-18H,6,9-15H2,1-2H3. The fourth-order valence-corrected chi connectivity index (χ4v) is 3.05. The first-order valence-electron chi connectivity index (χ1n) is 7.90. The molecule has 0 bridgehead atoms. The molecule has 0 aliphatic carbocycles. The van der Waals surface area contributed by atoms with Crippen molar-refractivity contribution in [3.05, 3.63) is 35.9 Å². The molecular formula is C17H29N3. The van der Waals surface area contributed by atoms with Gasteiger partial charge in [-0.05, 0) is 65.1 Å². The highest BCUT2D eigenvalue weighted by atomic mass is 15.2. The molecular weight excluding hydrogens is 246 g/mol. The van der Waals surface area contributed by atoms with E-state index in [0.29, 0.717) is 0 Å². The number of nitrogens with zero attached hydrogens (tertiary/aromatic N) is 2. The maximum absolute atomic E-state index is 3.23. The minimum Gasteiger partial charge on any atom is -0.320 e. The predicted molar refractivity (Wildman–Crippen MR) is 85.9 cm³/mol. The SMILES string of the molecule is CNCCCN(C)C1CCN(Cc2ccccc2)CC1. The van der Waals surface area contributed by atoms with Crippen LogP contribution < -0.4 is 5.32 Å². The van der Waals surface area contributed by atoms with Crippen LogP contribution in [0.5, 0.6) is 0 Å². The van der Waals surface area contributed by atoms with Crippen molar-refractivity contribution in [2.45, 2.75) is 31.8 Å². The average Bonchev–Trinajstić information content (AvgIpc) is 2.49. The Morgan fingerprint density at radius 1 is 1.20 bits per heavy atom. The van der Waals surface area contributed by atoms with E-state index in [1.54, 1.807) is 0 Å². The summed E-state index contributed by atoms with van der Waals surface area (Å²) < 4.78 is 0. The summed E-state index contributed by atoms with van der Waals surface area (Å²) in [4.78, 5) is 5.14. The zero-order valence-electron chi connectivity index (χ0n) is 13.0. The largest absolute Gasteiger partial charge is 0.320 e. The van der Waals surface area contributed by atoms with Crippen LogP contribution in [0.15, 0.2) is 30.3 Å². The molecule has 0 saturated carbocycles. The van der Waals surface area contributed by atoms with Crippen LogP contribution in [0.4, 0.5) is 0 Å². The Labute approximate surface area is 124 Å². The quantitative estimate of drug-likeness (QED) is 0.770. The van der Waals surface area contributed by atoms with Crippen molar-refractivity contribution >= 4 is 0 Å². The highest BCUT2D eigenvalue weighted by Gasteiger charge is 2.21. The molecule has 1 aromatic rings. The summed E-state index contributed by atoms with van der Waals surface area (Å²) >= 11 is 0. The zero-order valence-corrected chi connectivity index (χ0v) is 13.0. The minimum atomic E-state index is 0.777. The molecule has 0 unspecified atom stereocenters. The van der Waals surface area contributed by atoms with Crippen molar-refractivity contribution in [3.63, 3.8) is 0 Å². The van der Waals surface area contributed by atoms with E-state index in [-0.39, 0.29) is 0 Å². The molecule has 3 heteroatoms. The summed E-state index contributed by atoms with van der Waals surface area (Å²) in [6, 6.07) is 11.6. The number of likely N-dealkylation sites (tertiary alicyclic amines) is 1. The summed E-state index contributed by atoms with van der Waals surface area (Å²) in [7, 11) is 4.31. The van der Waals surface area contributed by atoms with E-state index in [2.05, 4.69) is 52.5 Å². The first-order valence-corrected chi connectivity index (χ1v) is 7.90. The van der Waals surface area contributed by atoms with Gasteiger partial charge in [-0.2, -0.15) is 0 Å². The average molecular weight is 275 g/mol. The van der Waals surface area contributed by atoms with Gasteiger partial charge in [-0.1, -0.05) is 30.3 Å². The van der Waals surface area contributed by atoms with Crippen LogP contribution in [0.3, 0.4) is 0 Å². The lowest BCUT2D eigenvalue weighted by Gasteiger charge is -2.36. The third kappa shape index (κ3) is 4.89. The lowest BCUT2D eigenvalue weighted by Crippen LogP contribution is -2.43. The van der Waals surface area contributed by atoms with Gasteiger partial charge in [0.25, 0.3) is 0 Å². The van der Waals surface area contributed by atoms with Gasteiger partial charge in [0.2, 0.25) is 0 Å². The van der Waals surface area contributed by atoms with Gasteiger partial charge in [0.15, 0.2) is 0 Å². The van der Waals surface area contributed by atoms with Gasteiger partial charge in [0.05, 0.1) is 0 Å². The van der Waals surface area contributed by atoms with Gasteiger partial charge < -0.3 is 10.2 Å². The second kappa shape index (κ2) is 8.40. The zero-order chi connectivity index (χ0) is 14.2. The molecule has 20 heavy (non-hydrogen) atoms. The molecule has 0 atom stereocenters. The first-order chi connectivity index (χ1) is 9.79. The van der Waals surface area contributed by atoms with Crippen molar-refractivity contribution in [1.29, 1.82) is 0 Å². The van der Waals surface area contributed by atoms with E-state index in [1.165, 1.54) is 44.5 Å². The van der Waals surface area contributed by atoms with Crippen LogP contribution >= 0.6 is 0 Å². The Morgan fingerprint density at radius 3 is 2.55 bits per heavy atom. The summed E-state index contributed by atoms with van der Waals surface area (Å²) in [5.74, 6) is 0. The number of hydrogen-bond donors (Lipinski definition) is 1. The van der Waals surface area contributed by atoms with Crippen molar-refractivity contribution in [2.24, 2.45) is 0 Å². The third-order valence-corrected chi connectivity index (χ3v) is 4.37. The van der Waals surface area contributed by atoms with Crippen LogP contribution in [0.2, 0.25) is 0 Å². The molecule has 0 aromatic heterocycles. The number of benzene rings is 1. The maximum atomic E-state index is 3.23. The van der Waals surface area contributed by atoms with Crippen LogP contribution in [0.1, 0.15) is 24.8 Å². The van der Waals surface area contributed by atoms with Crippen LogP contribution in [0.25, 0.3) is 0 Å². The molecule has 1 heterocycles. The second-order valence-corrected chi connectivity index (χ2v) is 5.93. The van der Waals surface area contributed by atoms with E-state index >= 15 is 0 Å². The Morgan fingerprint density at radius 2 is 1.90 bits per heavy atom. The smallest absolute Gasteiger partial charge is 0.0233 e. The molecule has 1 fully saturated rings. The molecule has 2 rings (SSSR count). The Bertz CT molecular complexity index is 358. The van der Waals surface area contributed by atoms with Gasteiger partial charge >= 0.3 is 0 Å². The van der Waals surface area contributed by atoms with Crippen LogP contribution in [-0.2, 0) is 6.54 Å². The maximum Gasteiger partial charge on any atom is 0.0233 e. The van der Waals surface area contributed by atoms with Gasteiger partial charge in [0.1, 0.15) is 0 Å². The molecule has 1 aliphatic rings.